The molecule has 0 spiro atoms. The number of carbonyl (C=O) groups is 1. The summed E-state index contributed by atoms with van der Waals surface area (Å²) in [6.07, 6.45) is 2.82. The Labute approximate surface area is 92.2 Å². The standard InChI is InChI=1S/C11H12OS2/c1-8-9(12)4-2-5-10(8)14-11-6-3-7-13-11/h3,6-7H,2,4-5H2,1H3. The van der Waals surface area contributed by atoms with Gasteiger partial charge in [-0.3, -0.25) is 4.79 Å². The summed E-state index contributed by atoms with van der Waals surface area (Å²) in [5.41, 5.74) is 0.981. The van der Waals surface area contributed by atoms with Crippen molar-refractivity contribution in [3.8, 4) is 0 Å². The fourth-order valence-corrected chi connectivity index (χ4v) is 3.52. The zero-order valence-electron chi connectivity index (χ0n) is 8.08. The molecule has 0 aromatic carbocycles. The molecule has 1 heterocycles. The van der Waals surface area contributed by atoms with E-state index in [-0.39, 0.29) is 0 Å². The van der Waals surface area contributed by atoms with Crippen molar-refractivity contribution in [2.24, 2.45) is 0 Å². The van der Waals surface area contributed by atoms with Crippen molar-refractivity contribution in [3.05, 3.63) is 28.0 Å². The SMILES string of the molecule is CC1=C(Sc2cccs2)CCCC1=O. The first-order chi connectivity index (χ1) is 6.77. The van der Waals surface area contributed by atoms with Crippen molar-refractivity contribution in [2.75, 3.05) is 0 Å². The Hall–Kier alpha value is -0.540. The minimum absolute atomic E-state index is 0.329. The second-order valence-corrected chi connectivity index (χ2v) is 5.70. The highest BCUT2D eigenvalue weighted by atomic mass is 32.2. The highest BCUT2D eigenvalue weighted by molar-refractivity contribution is 8.04. The lowest BCUT2D eigenvalue weighted by Crippen LogP contribution is -2.07. The lowest BCUT2D eigenvalue weighted by molar-refractivity contribution is -0.115. The molecule has 0 radical (unpaired) electrons. The van der Waals surface area contributed by atoms with Gasteiger partial charge < -0.3 is 0 Å². The summed E-state index contributed by atoms with van der Waals surface area (Å²) in [5.74, 6) is 0.329. The largest absolute Gasteiger partial charge is 0.295 e. The first kappa shape index (κ1) is 9.99. The van der Waals surface area contributed by atoms with Crippen LogP contribution in [0.1, 0.15) is 26.2 Å². The summed E-state index contributed by atoms with van der Waals surface area (Å²) in [5, 5.41) is 2.07. The van der Waals surface area contributed by atoms with E-state index in [0.29, 0.717) is 5.78 Å². The molecule has 0 saturated heterocycles. The fraction of sp³-hybridized carbons (Fsp3) is 0.364. The molecule has 14 heavy (non-hydrogen) atoms. The van der Waals surface area contributed by atoms with E-state index in [9.17, 15) is 4.79 Å². The average Bonchev–Trinajstić information content (AvgIpc) is 2.66. The molecule has 0 saturated carbocycles. The highest BCUT2D eigenvalue weighted by Crippen LogP contribution is 2.37. The number of thiophene rings is 1. The van der Waals surface area contributed by atoms with Crippen LogP contribution in [0.5, 0.6) is 0 Å². The molecule has 1 aromatic rings. The molecule has 1 aromatic heterocycles. The third-order valence-electron chi connectivity index (χ3n) is 2.36. The third-order valence-corrected chi connectivity index (χ3v) is 4.66. The molecule has 0 N–H and O–H groups in total. The van der Waals surface area contributed by atoms with Crippen LogP contribution in [0.2, 0.25) is 0 Å². The zero-order chi connectivity index (χ0) is 9.97. The molecule has 3 heteroatoms. The van der Waals surface area contributed by atoms with E-state index in [2.05, 4.69) is 11.4 Å². The fourth-order valence-electron chi connectivity index (χ4n) is 1.51. The summed E-state index contributed by atoms with van der Waals surface area (Å²) in [7, 11) is 0. The van der Waals surface area contributed by atoms with E-state index in [1.165, 1.54) is 9.11 Å². The van der Waals surface area contributed by atoms with E-state index < -0.39 is 0 Å². The average molecular weight is 224 g/mol. The van der Waals surface area contributed by atoms with E-state index in [4.69, 9.17) is 0 Å². The molecule has 0 amide bonds. The van der Waals surface area contributed by atoms with Gasteiger partial charge >= 0.3 is 0 Å². The van der Waals surface area contributed by atoms with Crippen LogP contribution in [0.3, 0.4) is 0 Å². The van der Waals surface area contributed by atoms with Gasteiger partial charge in [0.15, 0.2) is 5.78 Å². The van der Waals surface area contributed by atoms with Gasteiger partial charge in [0.05, 0.1) is 4.21 Å². The van der Waals surface area contributed by atoms with Crippen molar-refractivity contribution in [3.63, 3.8) is 0 Å². The summed E-state index contributed by atoms with van der Waals surface area (Å²) in [4.78, 5) is 12.7. The van der Waals surface area contributed by atoms with Crippen molar-refractivity contribution >= 4 is 28.9 Å². The lowest BCUT2D eigenvalue weighted by Gasteiger charge is -2.15. The second kappa shape index (κ2) is 4.32. The third kappa shape index (κ3) is 2.10. The number of hydrogen-bond donors (Lipinski definition) is 0. The molecular formula is C11H12OS2. The van der Waals surface area contributed by atoms with Gasteiger partial charge in [0.2, 0.25) is 0 Å². The van der Waals surface area contributed by atoms with Crippen LogP contribution in [0.4, 0.5) is 0 Å². The summed E-state index contributed by atoms with van der Waals surface area (Å²) >= 11 is 3.50. The van der Waals surface area contributed by atoms with Crippen LogP contribution in [0.15, 0.2) is 32.2 Å². The molecule has 1 nitrogen and oxygen atoms in total. The predicted molar refractivity (Wildman–Crippen MR) is 61.7 cm³/mol. The molecule has 0 bridgehead atoms. The minimum atomic E-state index is 0.329. The molecule has 0 atom stereocenters. The molecule has 0 fully saturated rings. The van der Waals surface area contributed by atoms with Crippen LogP contribution in [-0.2, 0) is 4.79 Å². The first-order valence-electron chi connectivity index (χ1n) is 4.71. The van der Waals surface area contributed by atoms with Gasteiger partial charge in [-0.1, -0.05) is 17.8 Å². The summed E-state index contributed by atoms with van der Waals surface area (Å²) < 4.78 is 1.29. The summed E-state index contributed by atoms with van der Waals surface area (Å²) in [6, 6.07) is 4.15. The van der Waals surface area contributed by atoms with E-state index in [1.807, 2.05) is 13.0 Å². The molecule has 1 aliphatic carbocycles. The predicted octanol–water partition coefficient (Wildman–Crippen LogP) is 3.87. The molecule has 1 aliphatic rings. The van der Waals surface area contributed by atoms with E-state index in [1.54, 1.807) is 23.1 Å². The van der Waals surface area contributed by atoms with E-state index in [0.717, 1.165) is 24.8 Å². The van der Waals surface area contributed by atoms with Crippen molar-refractivity contribution in [2.45, 2.75) is 30.4 Å². The Morgan fingerprint density at radius 1 is 1.43 bits per heavy atom. The molecule has 74 valence electrons. The first-order valence-corrected chi connectivity index (χ1v) is 6.41. The van der Waals surface area contributed by atoms with Crippen LogP contribution in [0.25, 0.3) is 0 Å². The second-order valence-electron chi connectivity index (χ2n) is 3.36. The number of thioether (sulfide) groups is 1. The number of hydrogen-bond acceptors (Lipinski definition) is 3. The van der Waals surface area contributed by atoms with Crippen LogP contribution < -0.4 is 0 Å². The van der Waals surface area contributed by atoms with Gasteiger partial charge in [0.25, 0.3) is 0 Å². The number of Topliss-reactive ketones (excluding diaryl/α,β-unsaturated/α-hetero) is 1. The summed E-state index contributed by atoms with van der Waals surface area (Å²) in [6.45, 7) is 1.96. The molecule has 0 aliphatic heterocycles. The maximum absolute atomic E-state index is 11.5. The Morgan fingerprint density at radius 2 is 2.29 bits per heavy atom. The van der Waals surface area contributed by atoms with Gasteiger partial charge in [-0.15, -0.1) is 11.3 Å². The van der Waals surface area contributed by atoms with Crippen LogP contribution in [0, 0.1) is 0 Å². The van der Waals surface area contributed by atoms with Crippen molar-refractivity contribution in [1.29, 1.82) is 0 Å². The maximum atomic E-state index is 11.5. The molecule has 0 unspecified atom stereocenters. The van der Waals surface area contributed by atoms with Crippen molar-refractivity contribution < 1.29 is 4.79 Å². The van der Waals surface area contributed by atoms with Gasteiger partial charge in [0.1, 0.15) is 0 Å². The van der Waals surface area contributed by atoms with Gasteiger partial charge in [-0.25, -0.2) is 0 Å². The number of rotatable bonds is 2. The van der Waals surface area contributed by atoms with Crippen LogP contribution >= 0.6 is 23.1 Å². The van der Waals surface area contributed by atoms with Gasteiger partial charge in [-0.2, -0.15) is 0 Å². The number of allylic oxidation sites excluding steroid dienone is 2. The number of carbonyl (C=O) groups excluding carboxylic acids is 1. The van der Waals surface area contributed by atoms with E-state index >= 15 is 0 Å². The van der Waals surface area contributed by atoms with Crippen molar-refractivity contribution in [1.82, 2.24) is 0 Å². The smallest absolute Gasteiger partial charge is 0.159 e. The Kier molecular flexibility index (Phi) is 3.08. The highest BCUT2D eigenvalue weighted by Gasteiger charge is 2.17. The van der Waals surface area contributed by atoms with Gasteiger partial charge in [0, 0.05) is 12.0 Å². The topological polar surface area (TPSA) is 17.1 Å². The zero-order valence-corrected chi connectivity index (χ0v) is 9.71. The Bertz CT molecular complexity index is 363. The minimum Gasteiger partial charge on any atom is -0.295 e. The molecule has 2 rings (SSSR count). The number of ketones is 1. The Morgan fingerprint density at radius 3 is 3.00 bits per heavy atom. The quantitative estimate of drug-likeness (QED) is 0.758. The Balaban J connectivity index is 2.17. The van der Waals surface area contributed by atoms with Gasteiger partial charge in [-0.05, 0) is 36.1 Å². The van der Waals surface area contributed by atoms with Crippen LogP contribution in [-0.4, -0.2) is 5.78 Å². The maximum Gasteiger partial charge on any atom is 0.159 e. The normalized spacial score (nSPS) is 17.6. The monoisotopic (exact) mass is 224 g/mol. The lowest BCUT2D eigenvalue weighted by atomic mass is 9.99. The molecular weight excluding hydrogens is 212 g/mol.